The highest BCUT2D eigenvalue weighted by Crippen LogP contribution is 2.30. The highest BCUT2D eigenvalue weighted by Gasteiger charge is 2.24. The summed E-state index contributed by atoms with van der Waals surface area (Å²) >= 11 is 0. The summed E-state index contributed by atoms with van der Waals surface area (Å²) in [7, 11) is 1.70. The second-order valence-corrected chi connectivity index (χ2v) is 5.98. The SMILES string of the molecule is CCN(C)C(=O)[C@H](C)NC(=O)N[C@H]1CCCc2cc(F)ccc21. The van der Waals surface area contributed by atoms with Gasteiger partial charge >= 0.3 is 6.03 Å². The van der Waals surface area contributed by atoms with Gasteiger partial charge < -0.3 is 15.5 Å². The zero-order valence-corrected chi connectivity index (χ0v) is 13.9. The lowest BCUT2D eigenvalue weighted by Gasteiger charge is -2.27. The van der Waals surface area contributed by atoms with Crippen LogP contribution in [0.1, 0.15) is 43.9 Å². The topological polar surface area (TPSA) is 61.4 Å². The van der Waals surface area contributed by atoms with E-state index in [0.717, 1.165) is 30.4 Å². The first-order valence-corrected chi connectivity index (χ1v) is 8.02. The predicted molar refractivity (Wildman–Crippen MR) is 86.5 cm³/mol. The van der Waals surface area contributed by atoms with Gasteiger partial charge in [-0.1, -0.05) is 6.07 Å². The maximum Gasteiger partial charge on any atom is 0.315 e. The van der Waals surface area contributed by atoms with Crippen LogP contribution in [0, 0.1) is 5.82 Å². The average Bonchev–Trinajstić information content (AvgIpc) is 2.53. The Morgan fingerprint density at radius 2 is 2.17 bits per heavy atom. The minimum absolute atomic E-state index is 0.131. The van der Waals surface area contributed by atoms with Crippen molar-refractivity contribution in [3.8, 4) is 0 Å². The number of fused-ring (bicyclic) bond motifs is 1. The summed E-state index contributed by atoms with van der Waals surface area (Å²) < 4.78 is 13.3. The van der Waals surface area contributed by atoms with E-state index in [-0.39, 0.29) is 23.8 Å². The van der Waals surface area contributed by atoms with Crippen LogP contribution in [0.25, 0.3) is 0 Å². The molecule has 0 saturated carbocycles. The number of hydrogen-bond acceptors (Lipinski definition) is 2. The van der Waals surface area contributed by atoms with Gasteiger partial charge in [0.25, 0.3) is 0 Å². The lowest BCUT2D eigenvalue weighted by molar-refractivity contribution is -0.131. The van der Waals surface area contributed by atoms with Crippen molar-refractivity contribution in [3.05, 3.63) is 35.1 Å². The van der Waals surface area contributed by atoms with Crippen molar-refractivity contribution >= 4 is 11.9 Å². The summed E-state index contributed by atoms with van der Waals surface area (Å²) in [5.41, 5.74) is 1.90. The van der Waals surface area contributed by atoms with E-state index in [1.54, 1.807) is 24.9 Å². The van der Waals surface area contributed by atoms with Crippen LogP contribution in [-0.2, 0) is 11.2 Å². The van der Waals surface area contributed by atoms with Gasteiger partial charge in [-0.2, -0.15) is 0 Å². The van der Waals surface area contributed by atoms with E-state index < -0.39 is 6.04 Å². The molecule has 0 fully saturated rings. The van der Waals surface area contributed by atoms with Crippen molar-refractivity contribution in [2.45, 2.75) is 45.2 Å². The van der Waals surface area contributed by atoms with Gasteiger partial charge in [0.15, 0.2) is 0 Å². The molecule has 1 aromatic carbocycles. The number of likely N-dealkylation sites (N-methyl/N-ethyl adjacent to an activating group) is 1. The molecular formula is C17H24FN3O2. The third-order valence-electron chi connectivity index (χ3n) is 4.29. The molecule has 1 aromatic rings. The lowest BCUT2D eigenvalue weighted by atomic mass is 9.87. The van der Waals surface area contributed by atoms with Gasteiger partial charge in [-0.15, -0.1) is 0 Å². The Morgan fingerprint density at radius 3 is 2.87 bits per heavy atom. The molecule has 2 N–H and O–H groups in total. The van der Waals surface area contributed by atoms with Crippen molar-refractivity contribution in [2.24, 2.45) is 0 Å². The summed E-state index contributed by atoms with van der Waals surface area (Å²) in [5, 5.41) is 5.56. The molecule has 6 heteroatoms. The quantitative estimate of drug-likeness (QED) is 0.894. The molecule has 2 rings (SSSR count). The second-order valence-electron chi connectivity index (χ2n) is 5.98. The molecule has 126 valence electrons. The Labute approximate surface area is 136 Å². The Hall–Kier alpha value is -2.11. The number of benzene rings is 1. The van der Waals surface area contributed by atoms with Crippen LogP contribution in [-0.4, -0.2) is 36.5 Å². The van der Waals surface area contributed by atoms with Gasteiger partial charge in [0.05, 0.1) is 6.04 Å². The number of nitrogens with one attached hydrogen (secondary N) is 2. The lowest BCUT2D eigenvalue weighted by Crippen LogP contribution is -2.49. The van der Waals surface area contributed by atoms with E-state index in [0.29, 0.717) is 6.54 Å². The van der Waals surface area contributed by atoms with Gasteiger partial charge in [-0.05, 0) is 56.4 Å². The number of hydrogen-bond donors (Lipinski definition) is 2. The molecule has 1 aliphatic rings. The molecule has 0 radical (unpaired) electrons. The summed E-state index contributed by atoms with van der Waals surface area (Å²) in [5.74, 6) is -0.385. The van der Waals surface area contributed by atoms with Crippen LogP contribution in [0.5, 0.6) is 0 Å². The van der Waals surface area contributed by atoms with Crippen LogP contribution >= 0.6 is 0 Å². The van der Waals surface area contributed by atoms with Crippen molar-refractivity contribution < 1.29 is 14.0 Å². The molecule has 23 heavy (non-hydrogen) atoms. The molecule has 0 saturated heterocycles. The van der Waals surface area contributed by atoms with Gasteiger partial charge in [0, 0.05) is 13.6 Å². The third kappa shape index (κ3) is 4.21. The number of amides is 3. The smallest absolute Gasteiger partial charge is 0.315 e. The molecule has 2 atom stereocenters. The van der Waals surface area contributed by atoms with Gasteiger partial charge in [0.1, 0.15) is 11.9 Å². The molecule has 5 nitrogen and oxygen atoms in total. The van der Waals surface area contributed by atoms with Crippen molar-refractivity contribution in [1.82, 2.24) is 15.5 Å². The number of nitrogens with zero attached hydrogens (tertiary/aromatic N) is 1. The van der Waals surface area contributed by atoms with Crippen molar-refractivity contribution in [1.29, 1.82) is 0 Å². The van der Waals surface area contributed by atoms with E-state index >= 15 is 0 Å². The monoisotopic (exact) mass is 321 g/mol. The van der Waals surface area contributed by atoms with E-state index in [1.807, 2.05) is 6.92 Å². The fraction of sp³-hybridized carbons (Fsp3) is 0.529. The van der Waals surface area contributed by atoms with E-state index in [2.05, 4.69) is 10.6 Å². The van der Waals surface area contributed by atoms with E-state index in [1.165, 1.54) is 12.1 Å². The standard InChI is InChI=1S/C17H24FN3O2/c1-4-21(3)16(22)11(2)19-17(23)20-15-7-5-6-12-10-13(18)8-9-14(12)15/h8-11,15H,4-7H2,1-3H3,(H2,19,20,23)/t11-,15-/m0/s1. The Bertz CT molecular complexity index is 591. The highest BCUT2D eigenvalue weighted by atomic mass is 19.1. The first kappa shape index (κ1) is 17.2. The zero-order chi connectivity index (χ0) is 17.0. The Balaban J connectivity index is 1.98. The molecule has 0 unspecified atom stereocenters. The summed E-state index contributed by atoms with van der Waals surface area (Å²) in [6.45, 7) is 4.13. The fourth-order valence-electron chi connectivity index (χ4n) is 2.88. The second kappa shape index (κ2) is 7.44. The largest absolute Gasteiger partial charge is 0.344 e. The van der Waals surface area contributed by atoms with Gasteiger partial charge in [-0.3, -0.25) is 4.79 Å². The summed E-state index contributed by atoms with van der Waals surface area (Å²) in [6.07, 6.45) is 2.53. The third-order valence-corrected chi connectivity index (χ3v) is 4.29. The first-order chi connectivity index (χ1) is 10.9. The predicted octanol–water partition coefficient (Wildman–Crippen LogP) is 2.37. The number of urea groups is 1. The summed E-state index contributed by atoms with van der Waals surface area (Å²) in [6, 6.07) is 3.57. The number of halogens is 1. The molecule has 0 aromatic heterocycles. The van der Waals surface area contributed by atoms with Crippen LogP contribution in [0.4, 0.5) is 9.18 Å². The van der Waals surface area contributed by atoms with E-state index in [4.69, 9.17) is 0 Å². The fourth-order valence-corrected chi connectivity index (χ4v) is 2.88. The number of carbonyl (C=O) groups excluding carboxylic acids is 2. The minimum Gasteiger partial charge on any atom is -0.344 e. The molecule has 0 spiro atoms. The highest BCUT2D eigenvalue weighted by molar-refractivity contribution is 5.86. The van der Waals surface area contributed by atoms with Crippen molar-refractivity contribution in [3.63, 3.8) is 0 Å². The molecule has 0 bridgehead atoms. The Morgan fingerprint density at radius 1 is 1.43 bits per heavy atom. The zero-order valence-electron chi connectivity index (χ0n) is 13.9. The average molecular weight is 321 g/mol. The number of carbonyl (C=O) groups is 2. The first-order valence-electron chi connectivity index (χ1n) is 8.02. The van der Waals surface area contributed by atoms with Crippen LogP contribution in [0.3, 0.4) is 0 Å². The minimum atomic E-state index is -0.587. The molecule has 0 aliphatic heterocycles. The van der Waals surface area contributed by atoms with Crippen molar-refractivity contribution in [2.75, 3.05) is 13.6 Å². The van der Waals surface area contributed by atoms with Crippen LogP contribution in [0.2, 0.25) is 0 Å². The number of rotatable bonds is 4. The van der Waals surface area contributed by atoms with Gasteiger partial charge in [0.2, 0.25) is 5.91 Å². The molecule has 3 amide bonds. The van der Waals surface area contributed by atoms with Crippen LogP contribution < -0.4 is 10.6 Å². The number of aryl methyl sites for hydroxylation is 1. The Kier molecular flexibility index (Phi) is 5.58. The summed E-state index contributed by atoms with van der Waals surface area (Å²) in [4.78, 5) is 25.7. The molecule has 0 heterocycles. The maximum absolute atomic E-state index is 13.3. The molecular weight excluding hydrogens is 297 g/mol. The van der Waals surface area contributed by atoms with E-state index in [9.17, 15) is 14.0 Å². The van der Waals surface area contributed by atoms with Gasteiger partial charge in [-0.25, -0.2) is 9.18 Å². The molecule has 1 aliphatic carbocycles. The maximum atomic E-state index is 13.3. The normalized spacial score (nSPS) is 17.8. The van der Waals surface area contributed by atoms with Crippen LogP contribution in [0.15, 0.2) is 18.2 Å².